The predicted octanol–water partition coefficient (Wildman–Crippen LogP) is 6.12. The monoisotopic (exact) mass is 415 g/mol. The molecule has 3 rings (SSSR count). The van der Waals surface area contributed by atoms with Gasteiger partial charge in [0.05, 0.1) is 17.7 Å². The molecule has 1 unspecified atom stereocenters. The van der Waals surface area contributed by atoms with Gasteiger partial charge in [-0.05, 0) is 56.9 Å². The smallest absolute Gasteiger partial charge is 0.290 e. The van der Waals surface area contributed by atoms with Gasteiger partial charge in [-0.1, -0.05) is 18.5 Å². The molecule has 7 heteroatoms. The van der Waals surface area contributed by atoms with Gasteiger partial charge < -0.3 is 9.64 Å². The normalized spacial score (nSPS) is 18.0. The Labute approximate surface area is 176 Å². The minimum absolute atomic E-state index is 0.0734. The van der Waals surface area contributed by atoms with Gasteiger partial charge in [-0.2, -0.15) is 0 Å². The summed E-state index contributed by atoms with van der Waals surface area (Å²) in [7, 11) is 1.64. The van der Waals surface area contributed by atoms with Gasteiger partial charge in [0.15, 0.2) is 0 Å². The highest BCUT2D eigenvalue weighted by Crippen LogP contribution is 2.45. The van der Waals surface area contributed by atoms with E-state index in [2.05, 4.69) is 49.7 Å². The number of nitro benzene ring substituents is 1. The van der Waals surface area contributed by atoms with Crippen molar-refractivity contribution < 1.29 is 9.66 Å². The zero-order chi connectivity index (χ0) is 21.3. The number of benzene rings is 2. The molecule has 2 aromatic rings. The van der Waals surface area contributed by atoms with Crippen LogP contribution in [0, 0.1) is 10.1 Å². The van der Waals surface area contributed by atoms with E-state index in [1.54, 1.807) is 19.4 Å². The summed E-state index contributed by atoms with van der Waals surface area (Å²) in [5.41, 5.74) is 3.66. The van der Waals surface area contributed by atoms with Crippen LogP contribution in [-0.2, 0) is 0 Å². The first kappa shape index (κ1) is 21.1. The lowest BCUT2D eigenvalue weighted by Gasteiger charge is -2.47. The van der Waals surface area contributed by atoms with Crippen LogP contribution in [0.4, 0.5) is 17.1 Å². The van der Waals surface area contributed by atoms with Crippen LogP contribution in [0.1, 0.15) is 51.2 Å². The molecule has 154 valence electrons. The molecule has 0 aromatic heterocycles. The fraction of sp³-hybridized carbons (Fsp3) is 0.409. The van der Waals surface area contributed by atoms with Crippen molar-refractivity contribution in [3.63, 3.8) is 0 Å². The lowest BCUT2D eigenvalue weighted by Crippen LogP contribution is -2.48. The molecule has 1 atom stereocenters. The van der Waals surface area contributed by atoms with Gasteiger partial charge in [-0.25, -0.2) is 0 Å². The number of halogens is 1. The molecule has 1 aliphatic rings. The summed E-state index contributed by atoms with van der Waals surface area (Å²) in [6.45, 7) is 9.86. The quantitative estimate of drug-likeness (QED) is 0.335. The van der Waals surface area contributed by atoms with Crippen LogP contribution < -0.4 is 9.64 Å². The van der Waals surface area contributed by atoms with Crippen LogP contribution in [0.15, 0.2) is 35.3 Å². The molecular formula is C22H26ClN3O3. The maximum Gasteiger partial charge on any atom is 0.290 e. The lowest BCUT2D eigenvalue weighted by atomic mass is 9.79. The molecular weight excluding hydrogens is 390 g/mol. The molecule has 0 aliphatic carbocycles. The summed E-state index contributed by atoms with van der Waals surface area (Å²) >= 11 is 5.88. The summed E-state index contributed by atoms with van der Waals surface area (Å²) in [5, 5.41) is 11.2. The van der Waals surface area contributed by atoms with Crippen molar-refractivity contribution in [2.75, 3.05) is 18.6 Å². The summed E-state index contributed by atoms with van der Waals surface area (Å²) in [6, 6.07) is 8.70. The fourth-order valence-corrected chi connectivity index (χ4v) is 4.46. The molecule has 1 aliphatic heterocycles. The Hall–Kier alpha value is -2.60. The van der Waals surface area contributed by atoms with Crippen LogP contribution in [0.25, 0.3) is 0 Å². The largest absolute Gasteiger partial charge is 0.496 e. The molecule has 0 N–H and O–H groups in total. The van der Waals surface area contributed by atoms with Crippen molar-refractivity contribution in [1.29, 1.82) is 0 Å². The summed E-state index contributed by atoms with van der Waals surface area (Å²) in [4.78, 5) is 17.4. The number of aliphatic imine (C=N–C) groups is 1. The van der Waals surface area contributed by atoms with Gasteiger partial charge in [-0.3, -0.25) is 15.1 Å². The highest BCUT2D eigenvalue weighted by atomic mass is 35.5. The molecule has 0 bridgehead atoms. The van der Waals surface area contributed by atoms with Crippen LogP contribution in [0.2, 0.25) is 5.02 Å². The van der Waals surface area contributed by atoms with E-state index in [1.807, 2.05) is 0 Å². The first-order valence-corrected chi connectivity index (χ1v) is 10.0. The number of fused-ring (bicyclic) bond motifs is 1. The van der Waals surface area contributed by atoms with Crippen LogP contribution in [-0.4, -0.2) is 30.3 Å². The van der Waals surface area contributed by atoms with E-state index in [4.69, 9.17) is 16.3 Å². The van der Waals surface area contributed by atoms with Crippen molar-refractivity contribution in [1.82, 2.24) is 0 Å². The maximum atomic E-state index is 11.1. The van der Waals surface area contributed by atoms with Crippen molar-refractivity contribution in [2.45, 2.75) is 45.6 Å². The number of hydrogen-bond acceptors (Lipinski definition) is 5. The summed E-state index contributed by atoms with van der Waals surface area (Å²) in [6.07, 6.45) is 2.75. The van der Waals surface area contributed by atoms with E-state index >= 15 is 0 Å². The number of rotatable bonds is 5. The second-order valence-corrected chi connectivity index (χ2v) is 8.37. The Morgan fingerprint density at radius 2 is 2.10 bits per heavy atom. The van der Waals surface area contributed by atoms with E-state index < -0.39 is 4.92 Å². The number of hydrogen-bond donors (Lipinski definition) is 0. The zero-order valence-corrected chi connectivity index (χ0v) is 18.2. The van der Waals surface area contributed by atoms with E-state index in [0.717, 1.165) is 24.3 Å². The van der Waals surface area contributed by atoms with Gasteiger partial charge in [0, 0.05) is 41.7 Å². The van der Waals surface area contributed by atoms with E-state index in [1.165, 1.54) is 23.4 Å². The van der Waals surface area contributed by atoms with Crippen LogP contribution >= 0.6 is 11.6 Å². The predicted molar refractivity (Wildman–Crippen MR) is 118 cm³/mol. The third kappa shape index (κ3) is 4.08. The minimum Gasteiger partial charge on any atom is -0.496 e. The fourth-order valence-electron chi connectivity index (χ4n) is 4.27. The van der Waals surface area contributed by atoms with Crippen molar-refractivity contribution in [3.05, 3.63) is 56.6 Å². The summed E-state index contributed by atoms with van der Waals surface area (Å²) < 4.78 is 5.63. The Kier molecular flexibility index (Phi) is 5.85. The number of anilines is 1. The number of nitro groups is 1. The number of methoxy groups -OCH3 is 1. The Morgan fingerprint density at radius 1 is 1.38 bits per heavy atom. The third-order valence-electron chi connectivity index (χ3n) is 5.53. The minimum atomic E-state index is -0.510. The molecule has 0 saturated carbocycles. The topological polar surface area (TPSA) is 68.0 Å². The third-order valence-corrected chi connectivity index (χ3v) is 5.85. The van der Waals surface area contributed by atoms with Gasteiger partial charge in [0.1, 0.15) is 10.8 Å². The lowest BCUT2D eigenvalue weighted by molar-refractivity contribution is -0.384. The SMILES string of the molecule is CCN1c2cc(OC)c(C=Nc3ccc(Cl)c([N+](=O)[O-])c3)cc2C(C)CC1(C)C. The van der Waals surface area contributed by atoms with Gasteiger partial charge in [0.25, 0.3) is 5.69 Å². The second-order valence-electron chi connectivity index (χ2n) is 7.97. The van der Waals surface area contributed by atoms with Crippen molar-refractivity contribution >= 4 is 34.9 Å². The molecule has 0 spiro atoms. The standard InChI is InChI=1S/C22H26ClN3O3/c1-6-25-19-11-21(29-5)15(9-17(19)14(2)12-22(25,3)4)13-24-16-7-8-18(23)20(10-16)26(27)28/h7-11,13-14H,6,12H2,1-5H3. The Bertz CT molecular complexity index is 972. The first-order valence-electron chi connectivity index (χ1n) is 9.65. The molecule has 0 amide bonds. The maximum absolute atomic E-state index is 11.1. The Balaban J connectivity index is 2.04. The zero-order valence-electron chi connectivity index (χ0n) is 17.4. The van der Waals surface area contributed by atoms with E-state index in [0.29, 0.717) is 11.6 Å². The van der Waals surface area contributed by atoms with Gasteiger partial charge in [0.2, 0.25) is 0 Å². The van der Waals surface area contributed by atoms with Crippen LogP contribution in [0.3, 0.4) is 0 Å². The number of ether oxygens (including phenoxy) is 1. The molecule has 2 aromatic carbocycles. The highest BCUT2D eigenvalue weighted by molar-refractivity contribution is 6.32. The highest BCUT2D eigenvalue weighted by Gasteiger charge is 2.36. The first-order chi connectivity index (χ1) is 13.7. The van der Waals surface area contributed by atoms with E-state index in [-0.39, 0.29) is 16.2 Å². The molecule has 1 heterocycles. The number of nitrogens with zero attached hydrogens (tertiary/aromatic N) is 3. The molecule has 6 nitrogen and oxygen atoms in total. The average molecular weight is 416 g/mol. The van der Waals surface area contributed by atoms with Crippen molar-refractivity contribution in [2.24, 2.45) is 4.99 Å². The molecule has 29 heavy (non-hydrogen) atoms. The van der Waals surface area contributed by atoms with Crippen LogP contribution in [0.5, 0.6) is 5.75 Å². The van der Waals surface area contributed by atoms with Gasteiger partial charge >= 0.3 is 0 Å². The molecule has 0 radical (unpaired) electrons. The van der Waals surface area contributed by atoms with Crippen molar-refractivity contribution in [3.8, 4) is 5.75 Å². The molecule has 0 saturated heterocycles. The molecule has 0 fully saturated rings. The average Bonchev–Trinajstić information content (AvgIpc) is 2.66. The Morgan fingerprint density at radius 3 is 2.72 bits per heavy atom. The summed E-state index contributed by atoms with van der Waals surface area (Å²) in [5.74, 6) is 1.12. The van der Waals surface area contributed by atoms with Gasteiger partial charge in [-0.15, -0.1) is 0 Å². The second kappa shape index (κ2) is 8.03. The van der Waals surface area contributed by atoms with E-state index in [9.17, 15) is 10.1 Å².